The molecule has 0 bridgehead atoms. The summed E-state index contributed by atoms with van der Waals surface area (Å²) in [6.45, 7) is 6.89. The molecule has 1 atom stereocenters. The lowest BCUT2D eigenvalue weighted by molar-refractivity contribution is 0.566. The number of rotatable bonds is 6. The van der Waals surface area contributed by atoms with E-state index in [9.17, 15) is 0 Å². The molecule has 3 rings (SSSR count). The molecule has 1 saturated heterocycles. The highest BCUT2D eigenvalue weighted by Gasteiger charge is 2.22. The Kier molecular flexibility index (Phi) is 8.74. The van der Waals surface area contributed by atoms with Crippen LogP contribution in [0.2, 0.25) is 0 Å². The van der Waals surface area contributed by atoms with Crippen LogP contribution in [0.15, 0.2) is 65.7 Å². The van der Waals surface area contributed by atoms with E-state index in [4.69, 9.17) is 4.99 Å². The van der Waals surface area contributed by atoms with Crippen LogP contribution in [0.4, 0.5) is 5.69 Å². The lowest BCUT2D eigenvalue weighted by Crippen LogP contribution is -2.40. The second-order valence-electron chi connectivity index (χ2n) is 6.50. The molecule has 4 nitrogen and oxygen atoms in total. The van der Waals surface area contributed by atoms with Crippen molar-refractivity contribution in [1.29, 1.82) is 0 Å². The molecule has 1 unspecified atom stereocenters. The van der Waals surface area contributed by atoms with E-state index in [1.54, 1.807) is 0 Å². The normalized spacial score (nSPS) is 16.9. The highest BCUT2D eigenvalue weighted by molar-refractivity contribution is 14.0. The van der Waals surface area contributed by atoms with Crippen LogP contribution in [-0.2, 0) is 6.54 Å². The Hall–Kier alpha value is -1.76. The molecule has 1 aliphatic rings. The number of anilines is 1. The smallest absolute Gasteiger partial charge is 0.191 e. The number of guanidine groups is 1. The third-order valence-electron chi connectivity index (χ3n) is 4.57. The fourth-order valence-electron chi connectivity index (χ4n) is 3.21. The van der Waals surface area contributed by atoms with Crippen LogP contribution in [0.5, 0.6) is 0 Å². The van der Waals surface area contributed by atoms with E-state index in [1.807, 2.05) is 6.07 Å². The first kappa shape index (κ1) is 20.6. The molecule has 0 aliphatic carbocycles. The monoisotopic (exact) mass is 464 g/mol. The van der Waals surface area contributed by atoms with Crippen LogP contribution in [0, 0.1) is 5.92 Å². The van der Waals surface area contributed by atoms with Gasteiger partial charge in [0.05, 0.1) is 6.54 Å². The zero-order chi connectivity index (χ0) is 17.3. The second-order valence-corrected chi connectivity index (χ2v) is 6.50. The minimum absolute atomic E-state index is 0. The van der Waals surface area contributed by atoms with Crippen LogP contribution in [0.3, 0.4) is 0 Å². The van der Waals surface area contributed by atoms with Gasteiger partial charge in [0.2, 0.25) is 0 Å². The maximum atomic E-state index is 4.70. The van der Waals surface area contributed by atoms with Crippen molar-refractivity contribution in [2.45, 2.75) is 19.9 Å². The second kappa shape index (κ2) is 11.1. The summed E-state index contributed by atoms with van der Waals surface area (Å²) in [5.41, 5.74) is 2.56. The number of nitrogens with zero attached hydrogens (tertiary/aromatic N) is 2. The Balaban J connectivity index is 0.00000243. The van der Waals surface area contributed by atoms with Crippen LogP contribution in [0.1, 0.15) is 18.9 Å². The van der Waals surface area contributed by atoms with Crippen molar-refractivity contribution in [2.24, 2.45) is 10.9 Å². The zero-order valence-corrected chi connectivity index (χ0v) is 17.7. The molecule has 2 aromatic rings. The predicted molar refractivity (Wildman–Crippen MR) is 121 cm³/mol. The lowest BCUT2D eigenvalue weighted by atomic mass is 10.1. The van der Waals surface area contributed by atoms with E-state index >= 15 is 0 Å². The molecule has 0 amide bonds. The molecule has 26 heavy (non-hydrogen) atoms. The largest absolute Gasteiger partial charge is 0.371 e. The van der Waals surface area contributed by atoms with E-state index < -0.39 is 0 Å². The van der Waals surface area contributed by atoms with Gasteiger partial charge in [0.25, 0.3) is 0 Å². The van der Waals surface area contributed by atoms with Crippen LogP contribution < -0.4 is 15.5 Å². The first-order chi connectivity index (χ1) is 12.3. The average molecular weight is 464 g/mol. The Labute approximate surface area is 174 Å². The number of para-hydroxylation sites is 1. The summed E-state index contributed by atoms with van der Waals surface area (Å²) in [5.74, 6) is 1.56. The fourth-order valence-corrected chi connectivity index (χ4v) is 3.21. The zero-order valence-electron chi connectivity index (χ0n) is 15.4. The molecule has 1 fully saturated rings. The van der Waals surface area contributed by atoms with Gasteiger partial charge in [0, 0.05) is 31.9 Å². The number of nitrogens with one attached hydrogen (secondary N) is 2. The van der Waals surface area contributed by atoms with Crippen molar-refractivity contribution < 1.29 is 0 Å². The minimum Gasteiger partial charge on any atom is -0.371 e. The van der Waals surface area contributed by atoms with Crippen molar-refractivity contribution in [2.75, 3.05) is 31.1 Å². The van der Waals surface area contributed by atoms with Gasteiger partial charge in [-0.15, -0.1) is 24.0 Å². The molecule has 2 aromatic carbocycles. The van der Waals surface area contributed by atoms with Crippen molar-refractivity contribution in [3.8, 4) is 0 Å². The lowest BCUT2D eigenvalue weighted by Gasteiger charge is -2.19. The topological polar surface area (TPSA) is 39.7 Å². The quantitative estimate of drug-likeness (QED) is 0.387. The van der Waals surface area contributed by atoms with Crippen molar-refractivity contribution in [1.82, 2.24) is 10.6 Å². The summed E-state index contributed by atoms with van der Waals surface area (Å²) in [6, 6.07) is 21.1. The van der Waals surface area contributed by atoms with Crippen LogP contribution in [0.25, 0.3) is 0 Å². The number of benzene rings is 2. The summed E-state index contributed by atoms with van der Waals surface area (Å²) in [7, 11) is 0. The molecule has 0 saturated carbocycles. The fraction of sp³-hybridized carbons (Fsp3) is 0.381. The van der Waals surface area contributed by atoms with Crippen molar-refractivity contribution >= 4 is 35.6 Å². The van der Waals surface area contributed by atoms with Gasteiger partial charge in [-0.05, 0) is 37.0 Å². The highest BCUT2D eigenvalue weighted by Crippen LogP contribution is 2.22. The maximum Gasteiger partial charge on any atom is 0.191 e. The summed E-state index contributed by atoms with van der Waals surface area (Å²) in [5, 5.41) is 6.86. The average Bonchev–Trinajstić information content (AvgIpc) is 3.15. The summed E-state index contributed by atoms with van der Waals surface area (Å²) < 4.78 is 0. The van der Waals surface area contributed by atoms with Crippen molar-refractivity contribution in [3.05, 3.63) is 66.2 Å². The standard InChI is InChI=1S/C21H28N4.HI/c1-2-22-21(23-15-18-9-5-3-6-10-18)24-16-19-13-14-25(17-19)20-11-7-4-8-12-20;/h3-12,19H,2,13-17H2,1H3,(H2,22,23,24);1H. The van der Waals surface area contributed by atoms with E-state index in [0.29, 0.717) is 12.5 Å². The van der Waals surface area contributed by atoms with Gasteiger partial charge in [-0.3, -0.25) is 0 Å². The van der Waals surface area contributed by atoms with Gasteiger partial charge in [0.1, 0.15) is 0 Å². The van der Waals surface area contributed by atoms with Crippen molar-refractivity contribution in [3.63, 3.8) is 0 Å². The first-order valence-corrected chi connectivity index (χ1v) is 9.21. The van der Waals surface area contributed by atoms with Gasteiger partial charge in [-0.25, -0.2) is 4.99 Å². The Bertz CT molecular complexity index is 660. The molecule has 1 aliphatic heterocycles. The number of hydrogen-bond acceptors (Lipinski definition) is 2. The molecule has 1 heterocycles. The Morgan fingerprint density at radius 2 is 1.73 bits per heavy atom. The van der Waals surface area contributed by atoms with E-state index in [0.717, 1.165) is 32.1 Å². The highest BCUT2D eigenvalue weighted by atomic mass is 127. The molecular weight excluding hydrogens is 435 g/mol. The van der Waals surface area contributed by atoms with E-state index in [1.165, 1.54) is 17.7 Å². The number of hydrogen-bond donors (Lipinski definition) is 2. The van der Waals surface area contributed by atoms with Gasteiger partial charge in [0.15, 0.2) is 5.96 Å². The number of halogens is 1. The third kappa shape index (κ3) is 6.20. The first-order valence-electron chi connectivity index (χ1n) is 9.21. The van der Waals surface area contributed by atoms with Gasteiger partial charge >= 0.3 is 0 Å². The molecular formula is C21H29IN4. The summed E-state index contributed by atoms with van der Waals surface area (Å²) in [6.07, 6.45) is 1.22. The van der Waals surface area contributed by atoms with Crippen LogP contribution in [-0.4, -0.2) is 32.1 Å². The molecule has 0 radical (unpaired) electrons. The molecule has 0 aromatic heterocycles. The van der Waals surface area contributed by atoms with Crippen LogP contribution >= 0.6 is 24.0 Å². The molecule has 140 valence electrons. The van der Waals surface area contributed by atoms with E-state index in [2.05, 4.69) is 77.1 Å². The molecule has 2 N–H and O–H groups in total. The van der Waals surface area contributed by atoms with Gasteiger partial charge in [-0.2, -0.15) is 0 Å². The maximum absolute atomic E-state index is 4.70. The predicted octanol–water partition coefficient (Wildman–Crippen LogP) is 3.89. The summed E-state index contributed by atoms with van der Waals surface area (Å²) >= 11 is 0. The third-order valence-corrected chi connectivity index (χ3v) is 4.57. The van der Waals surface area contributed by atoms with Gasteiger partial charge < -0.3 is 15.5 Å². The Morgan fingerprint density at radius 1 is 1.04 bits per heavy atom. The van der Waals surface area contributed by atoms with Gasteiger partial charge in [-0.1, -0.05) is 48.5 Å². The number of aliphatic imine (C=N–C) groups is 1. The Morgan fingerprint density at radius 3 is 2.42 bits per heavy atom. The molecule has 5 heteroatoms. The SMILES string of the molecule is CCNC(=NCc1ccccc1)NCC1CCN(c2ccccc2)C1.I. The van der Waals surface area contributed by atoms with E-state index in [-0.39, 0.29) is 24.0 Å². The summed E-state index contributed by atoms with van der Waals surface area (Å²) in [4.78, 5) is 7.18. The minimum atomic E-state index is 0. The molecule has 0 spiro atoms.